The number of allylic oxidation sites excluding steroid dienone is 1. The maximum absolute atomic E-state index is 11.1. The Bertz CT molecular complexity index is 370. The molecule has 4 nitrogen and oxygen atoms in total. The third-order valence-corrected chi connectivity index (χ3v) is 2.92. The summed E-state index contributed by atoms with van der Waals surface area (Å²) in [6.07, 6.45) is 3.70. The highest BCUT2D eigenvalue weighted by Gasteiger charge is 2.47. The molecule has 0 aromatic rings. The van der Waals surface area contributed by atoms with E-state index in [4.69, 9.17) is 14.2 Å². The van der Waals surface area contributed by atoms with Crippen LogP contribution in [0.3, 0.4) is 0 Å². The molecule has 0 saturated carbocycles. The van der Waals surface area contributed by atoms with E-state index in [0.29, 0.717) is 6.42 Å². The number of carbonyl (C=O) groups excluding carboxylic acids is 1. The summed E-state index contributed by atoms with van der Waals surface area (Å²) in [5.74, 6) is -0.937. The summed E-state index contributed by atoms with van der Waals surface area (Å²) in [5.41, 5.74) is 1.03. The van der Waals surface area contributed by atoms with Gasteiger partial charge in [-0.1, -0.05) is 12.7 Å². The van der Waals surface area contributed by atoms with Crippen molar-refractivity contribution in [2.75, 3.05) is 0 Å². The smallest absolute Gasteiger partial charge is 0.303 e. The van der Waals surface area contributed by atoms with Gasteiger partial charge in [0.1, 0.15) is 18.3 Å². The normalized spacial score (nSPS) is 34.8. The Morgan fingerprint density at radius 3 is 2.88 bits per heavy atom. The number of hydrogen-bond acceptors (Lipinski definition) is 4. The lowest BCUT2D eigenvalue weighted by Gasteiger charge is -2.29. The van der Waals surface area contributed by atoms with Crippen LogP contribution in [-0.4, -0.2) is 30.1 Å². The van der Waals surface area contributed by atoms with Crippen LogP contribution in [0, 0.1) is 0 Å². The Kier molecular flexibility index (Phi) is 3.10. The van der Waals surface area contributed by atoms with Gasteiger partial charge in [0, 0.05) is 13.3 Å². The van der Waals surface area contributed by atoms with Crippen LogP contribution < -0.4 is 0 Å². The van der Waals surface area contributed by atoms with Gasteiger partial charge in [0.2, 0.25) is 0 Å². The second-order valence-electron chi connectivity index (χ2n) is 4.86. The molecular weight excluding hydrogens is 220 g/mol. The largest absolute Gasteiger partial charge is 0.459 e. The fraction of sp³-hybridized carbons (Fsp3) is 0.615. The van der Waals surface area contributed by atoms with Crippen molar-refractivity contribution in [3.05, 3.63) is 24.3 Å². The molecule has 2 aliphatic rings. The van der Waals surface area contributed by atoms with Gasteiger partial charge in [0.15, 0.2) is 5.79 Å². The fourth-order valence-corrected chi connectivity index (χ4v) is 2.33. The molecule has 0 spiro atoms. The first-order valence-corrected chi connectivity index (χ1v) is 5.77. The molecule has 17 heavy (non-hydrogen) atoms. The van der Waals surface area contributed by atoms with Crippen LogP contribution in [0.25, 0.3) is 0 Å². The minimum atomic E-state index is -0.638. The van der Waals surface area contributed by atoms with E-state index in [1.54, 1.807) is 6.08 Å². The van der Waals surface area contributed by atoms with Crippen LogP contribution in [0.5, 0.6) is 0 Å². The zero-order chi connectivity index (χ0) is 12.6. The number of rotatable bonds is 2. The molecule has 4 heteroatoms. The minimum absolute atomic E-state index is 0.170. The summed E-state index contributed by atoms with van der Waals surface area (Å²) in [6.45, 7) is 8.87. The third kappa shape index (κ3) is 2.58. The van der Waals surface area contributed by atoms with Gasteiger partial charge in [-0.2, -0.15) is 0 Å². The molecule has 1 aliphatic carbocycles. The van der Waals surface area contributed by atoms with E-state index in [9.17, 15) is 4.79 Å². The molecule has 1 saturated heterocycles. The van der Waals surface area contributed by atoms with Crippen molar-refractivity contribution in [3.8, 4) is 0 Å². The van der Waals surface area contributed by atoms with Crippen molar-refractivity contribution in [1.29, 1.82) is 0 Å². The molecule has 0 unspecified atom stereocenters. The molecule has 1 fully saturated rings. The second-order valence-corrected chi connectivity index (χ2v) is 4.86. The van der Waals surface area contributed by atoms with Crippen LogP contribution in [0.15, 0.2) is 24.3 Å². The zero-order valence-electron chi connectivity index (χ0n) is 10.4. The van der Waals surface area contributed by atoms with Crippen LogP contribution in [0.2, 0.25) is 0 Å². The maximum Gasteiger partial charge on any atom is 0.303 e. The lowest BCUT2D eigenvalue weighted by atomic mass is 9.92. The Hall–Kier alpha value is -1.13. The zero-order valence-corrected chi connectivity index (χ0v) is 10.4. The summed E-state index contributed by atoms with van der Waals surface area (Å²) in [5, 5.41) is 0. The summed E-state index contributed by atoms with van der Waals surface area (Å²) in [4.78, 5) is 11.1. The first-order valence-electron chi connectivity index (χ1n) is 5.77. The highest BCUT2D eigenvalue weighted by atomic mass is 16.8. The van der Waals surface area contributed by atoms with E-state index in [0.717, 1.165) is 5.57 Å². The van der Waals surface area contributed by atoms with Gasteiger partial charge in [0.25, 0.3) is 0 Å². The molecule has 0 radical (unpaired) electrons. The number of hydrogen-bond donors (Lipinski definition) is 0. The second kappa shape index (κ2) is 4.27. The summed E-state index contributed by atoms with van der Waals surface area (Å²) < 4.78 is 16.8. The number of esters is 1. The van der Waals surface area contributed by atoms with Crippen LogP contribution in [0.1, 0.15) is 27.2 Å². The van der Waals surface area contributed by atoms with Gasteiger partial charge in [-0.25, -0.2) is 0 Å². The van der Waals surface area contributed by atoms with Gasteiger partial charge in [0.05, 0.1) is 0 Å². The first-order chi connectivity index (χ1) is 7.91. The van der Waals surface area contributed by atoms with Crippen LogP contribution in [-0.2, 0) is 19.0 Å². The number of carbonyl (C=O) groups is 1. The molecule has 1 aliphatic heterocycles. The Labute approximate surface area is 101 Å². The topological polar surface area (TPSA) is 44.8 Å². The third-order valence-electron chi connectivity index (χ3n) is 2.92. The van der Waals surface area contributed by atoms with Gasteiger partial charge < -0.3 is 14.2 Å². The average molecular weight is 238 g/mol. The highest BCUT2D eigenvalue weighted by Crippen LogP contribution is 2.37. The summed E-state index contributed by atoms with van der Waals surface area (Å²) in [7, 11) is 0. The molecule has 0 aromatic heterocycles. The van der Waals surface area contributed by atoms with E-state index in [1.165, 1.54) is 6.92 Å². The quantitative estimate of drug-likeness (QED) is 0.690. The Balaban J connectivity index is 2.21. The number of ether oxygens (including phenoxy) is 3. The molecule has 0 amide bonds. The Morgan fingerprint density at radius 2 is 2.29 bits per heavy atom. The molecule has 2 rings (SSSR count). The van der Waals surface area contributed by atoms with E-state index < -0.39 is 5.79 Å². The van der Waals surface area contributed by atoms with Crippen molar-refractivity contribution >= 4 is 5.97 Å². The molecule has 0 bridgehead atoms. The van der Waals surface area contributed by atoms with Crippen molar-refractivity contribution in [2.45, 2.75) is 51.3 Å². The summed E-state index contributed by atoms with van der Waals surface area (Å²) >= 11 is 0. The minimum Gasteiger partial charge on any atom is -0.459 e. The molecule has 94 valence electrons. The molecular formula is C13H18O4. The van der Waals surface area contributed by atoms with E-state index in [1.807, 2.05) is 19.9 Å². The van der Waals surface area contributed by atoms with Crippen molar-refractivity contribution in [2.24, 2.45) is 0 Å². The average Bonchev–Trinajstić information content (AvgIpc) is 2.51. The van der Waals surface area contributed by atoms with Crippen molar-refractivity contribution in [1.82, 2.24) is 0 Å². The summed E-state index contributed by atoms with van der Waals surface area (Å²) in [6, 6.07) is 0. The van der Waals surface area contributed by atoms with Crippen molar-refractivity contribution in [3.63, 3.8) is 0 Å². The van der Waals surface area contributed by atoms with Gasteiger partial charge in [-0.3, -0.25) is 4.79 Å². The van der Waals surface area contributed by atoms with Crippen LogP contribution in [0.4, 0.5) is 0 Å². The van der Waals surface area contributed by atoms with E-state index in [-0.39, 0.29) is 24.3 Å². The number of fused-ring (bicyclic) bond motifs is 1. The predicted molar refractivity (Wildman–Crippen MR) is 62.3 cm³/mol. The van der Waals surface area contributed by atoms with Crippen molar-refractivity contribution < 1.29 is 19.0 Å². The van der Waals surface area contributed by atoms with Crippen LogP contribution >= 0.6 is 0 Å². The highest BCUT2D eigenvalue weighted by molar-refractivity contribution is 5.66. The SMILES string of the molecule is C=CC1=C[C@H]2OC(C)(C)O[C@@H]2[C@@H](OC(C)=O)C1. The molecule has 3 atom stereocenters. The van der Waals surface area contributed by atoms with Gasteiger partial charge >= 0.3 is 5.97 Å². The monoisotopic (exact) mass is 238 g/mol. The molecule has 0 N–H and O–H groups in total. The van der Waals surface area contributed by atoms with E-state index in [2.05, 4.69) is 6.58 Å². The van der Waals surface area contributed by atoms with E-state index >= 15 is 0 Å². The lowest BCUT2D eigenvalue weighted by molar-refractivity contribution is -0.168. The maximum atomic E-state index is 11.1. The molecule has 0 aromatic carbocycles. The standard InChI is InChI=1S/C13H18O4/c1-5-9-6-10(15-8(2)14)12-11(7-9)16-13(3,4)17-12/h5,7,10-12H,1,6H2,2-4H3/t10-,11+,12+/m0/s1. The fourth-order valence-electron chi connectivity index (χ4n) is 2.33. The predicted octanol–water partition coefficient (Wildman–Crippen LogP) is 1.95. The first kappa shape index (κ1) is 12.3. The molecule has 1 heterocycles. The van der Waals surface area contributed by atoms with Gasteiger partial charge in [-0.05, 0) is 25.5 Å². The van der Waals surface area contributed by atoms with Gasteiger partial charge in [-0.15, -0.1) is 0 Å². The Morgan fingerprint density at radius 1 is 1.59 bits per heavy atom. The lowest BCUT2D eigenvalue weighted by Crippen LogP contribution is -2.40.